The summed E-state index contributed by atoms with van der Waals surface area (Å²) in [6, 6.07) is 12.5. The standard InChI is InChI=1S/C26H23N5O7/c32-15-37-21(13-16-9-11-27-12-10-16)22-23(31(35)36)24(29-14-28-22)38-18-7-5-17(6-8-18)30-25(33)19-3-1-2-4-20(19)26(30)34/h1-8,14-16,21,27H,9-13H2. The van der Waals surface area contributed by atoms with Gasteiger partial charge in [-0.3, -0.25) is 24.5 Å². The fourth-order valence-corrected chi connectivity index (χ4v) is 4.77. The first-order valence-corrected chi connectivity index (χ1v) is 12.0. The van der Waals surface area contributed by atoms with Crippen molar-refractivity contribution >= 4 is 29.7 Å². The van der Waals surface area contributed by atoms with Crippen molar-refractivity contribution in [2.24, 2.45) is 5.92 Å². The molecule has 1 aromatic heterocycles. The molecule has 1 atom stereocenters. The van der Waals surface area contributed by atoms with Crippen LogP contribution in [0.25, 0.3) is 0 Å². The second-order valence-corrected chi connectivity index (χ2v) is 8.91. The monoisotopic (exact) mass is 517 g/mol. The molecule has 194 valence electrons. The lowest BCUT2D eigenvalue weighted by Crippen LogP contribution is -2.29. The van der Waals surface area contributed by atoms with Gasteiger partial charge in [0.25, 0.3) is 18.3 Å². The molecule has 0 spiro atoms. The SMILES string of the molecule is O=COC(CC1CCNCC1)c1ncnc(Oc2ccc(N3C(=O)c4ccccc4C3=O)cc2)c1[N+](=O)[O-]. The number of nitrogens with zero attached hydrogens (tertiary/aromatic N) is 4. The zero-order valence-electron chi connectivity index (χ0n) is 20.1. The third-order valence-corrected chi connectivity index (χ3v) is 6.63. The number of imide groups is 1. The Bertz CT molecular complexity index is 1350. The molecule has 12 nitrogen and oxygen atoms in total. The molecule has 1 N–H and O–H groups in total. The van der Waals surface area contributed by atoms with Gasteiger partial charge in [-0.25, -0.2) is 9.88 Å². The number of nitro groups is 1. The lowest BCUT2D eigenvalue weighted by molar-refractivity contribution is -0.387. The van der Waals surface area contributed by atoms with Crippen molar-refractivity contribution in [1.29, 1.82) is 0 Å². The van der Waals surface area contributed by atoms with Gasteiger partial charge in [-0.1, -0.05) is 12.1 Å². The van der Waals surface area contributed by atoms with Crippen LogP contribution in [0.1, 0.15) is 51.8 Å². The van der Waals surface area contributed by atoms with Crippen LogP contribution in [-0.2, 0) is 9.53 Å². The highest BCUT2D eigenvalue weighted by atomic mass is 16.6. The van der Waals surface area contributed by atoms with Crippen LogP contribution >= 0.6 is 0 Å². The number of anilines is 1. The highest BCUT2D eigenvalue weighted by Gasteiger charge is 2.36. The van der Waals surface area contributed by atoms with Crippen molar-refractivity contribution in [3.8, 4) is 11.6 Å². The summed E-state index contributed by atoms with van der Waals surface area (Å²) in [7, 11) is 0. The number of carbonyl (C=O) groups is 3. The molecule has 1 saturated heterocycles. The summed E-state index contributed by atoms with van der Waals surface area (Å²) >= 11 is 0. The number of nitrogens with one attached hydrogen (secondary N) is 1. The number of aromatic nitrogens is 2. The maximum Gasteiger partial charge on any atom is 0.356 e. The molecule has 0 radical (unpaired) electrons. The molecule has 38 heavy (non-hydrogen) atoms. The number of hydrogen-bond acceptors (Lipinski definition) is 10. The van der Waals surface area contributed by atoms with E-state index in [0.29, 0.717) is 23.2 Å². The van der Waals surface area contributed by atoms with Crippen LogP contribution in [0, 0.1) is 16.0 Å². The topological polar surface area (TPSA) is 154 Å². The van der Waals surface area contributed by atoms with E-state index in [1.165, 1.54) is 24.3 Å². The van der Waals surface area contributed by atoms with Crippen LogP contribution in [0.5, 0.6) is 11.6 Å². The normalized spacial score (nSPS) is 16.2. The highest BCUT2D eigenvalue weighted by molar-refractivity contribution is 6.34. The van der Waals surface area contributed by atoms with E-state index in [2.05, 4.69) is 15.3 Å². The molecular formula is C26H23N5O7. The van der Waals surface area contributed by atoms with Gasteiger partial charge in [-0.05, 0) is 74.7 Å². The first kappa shape index (κ1) is 25.0. The Balaban J connectivity index is 1.39. The van der Waals surface area contributed by atoms with Crippen LogP contribution in [0.2, 0.25) is 0 Å². The molecule has 1 unspecified atom stereocenters. The Morgan fingerprint density at radius 1 is 1.05 bits per heavy atom. The molecule has 0 aliphatic carbocycles. The lowest BCUT2D eigenvalue weighted by atomic mass is 9.90. The molecule has 3 aromatic rings. The van der Waals surface area contributed by atoms with E-state index in [4.69, 9.17) is 9.47 Å². The van der Waals surface area contributed by atoms with E-state index < -0.39 is 28.5 Å². The van der Waals surface area contributed by atoms with Gasteiger partial charge in [-0.2, -0.15) is 4.98 Å². The predicted molar refractivity (Wildman–Crippen MR) is 133 cm³/mol. The first-order chi connectivity index (χ1) is 18.5. The van der Waals surface area contributed by atoms with Gasteiger partial charge in [0.1, 0.15) is 12.1 Å². The smallest absolute Gasteiger partial charge is 0.356 e. The molecule has 1 fully saturated rings. The van der Waals surface area contributed by atoms with Gasteiger partial charge in [0, 0.05) is 0 Å². The van der Waals surface area contributed by atoms with E-state index >= 15 is 0 Å². The molecule has 0 bridgehead atoms. The van der Waals surface area contributed by atoms with Crippen LogP contribution < -0.4 is 15.0 Å². The number of fused-ring (bicyclic) bond motifs is 1. The molecule has 2 amide bonds. The minimum Gasteiger partial charge on any atom is -0.458 e. The second-order valence-electron chi connectivity index (χ2n) is 8.91. The third kappa shape index (κ3) is 4.81. The summed E-state index contributed by atoms with van der Waals surface area (Å²) in [6.45, 7) is 1.89. The van der Waals surface area contributed by atoms with E-state index in [9.17, 15) is 24.5 Å². The highest BCUT2D eigenvalue weighted by Crippen LogP contribution is 2.39. The van der Waals surface area contributed by atoms with E-state index in [1.807, 2.05) is 0 Å². The van der Waals surface area contributed by atoms with E-state index in [1.54, 1.807) is 24.3 Å². The fraction of sp³-hybridized carbons (Fsp3) is 0.269. The average molecular weight is 517 g/mol. The van der Waals surface area contributed by atoms with Gasteiger partial charge in [0.15, 0.2) is 11.8 Å². The maximum absolute atomic E-state index is 12.7. The number of piperidine rings is 1. The average Bonchev–Trinajstić information content (AvgIpc) is 3.19. The van der Waals surface area contributed by atoms with Gasteiger partial charge >= 0.3 is 11.6 Å². The number of amides is 2. The number of rotatable bonds is 9. The summed E-state index contributed by atoms with van der Waals surface area (Å²) in [5.74, 6) is -0.812. The molecule has 2 aromatic carbocycles. The van der Waals surface area contributed by atoms with E-state index in [-0.39, 0.29) is 29.7 Å². The molecular weight excluding hydrogens is 494 g/mol. The zero-order valence-corrected chi connectivity index (χ0v) is 20.1. The molecule has 2 aliphatic rings. The lowest BCUT2D eigenvalue weighted by Gasteiger charge is -2.25. The molecule has 5 rings (SSSR count). The minimum absolute atomic E-state index is 0.0479. The Kier molecular flexibility index (Phi) is 7.05. The molecule has 0 saturated carbocycles. The largest absolute Gasteiger partial charge is 0.458 e. The Morgan fingerprint density at radius 3 is 2.32 bits per heavy atom. The van der Waals surface area contributed by atoms with Crippen molar-refractivity contribution in [3.05, 3.63) is 81.8 Å². The quantitative estimate of drug-likeness (QED) is 0.193. The van der Waals surface area contributed by atoms with Gasteiger partial charge in [0.05, 0.1) is 21.7 Å². The van der Waals surface area contributed by atoms with Crippen LogP contribution in [-0.4, -0.2) is 46.3 Å². The predicted octanol–water partition coefficient (Wildman–Crippen LogP) is 3.58. The molecule has 12 heteroatoms. The van der Waals surface area contributed by atoms with Gasteiger partial charge in [0.2, 0.25) is 0 Å². The number of benzene rings is 2. The number of ether oxygens (including phenoxy) is 2. The summed E-state index contributed by atoms with van der Waals surface area (Å²) in [5, 5.41) is 15.3. The van der Waals surface area contributed by atoms with Crippen LogP contribution in [0.4, 0.5) is 11.4 Å². The first-order valence-electron chi connectivity index (χ1n) is 12.0. The Morgan fingerprint density at radius 2 is 1.71 bits per heavy atom. The Hall–Kier alpha value is -4.71. The second kappa shape index (κ2) is 10.7. The molecule has 2 aliphatic heterocycles. The van der Waals surface area contributed by atoms with Gasteiger partial charge in [-0.15, -0.1) is 0 Å². The third-order valence-electron chi connectivity index (χ3n) is 6.63. The minimum atomic E-state index is -0.933. The molecule has 3 heterocycles. The van der Waals surface area contributed by atoms with Crippen molar-refractivity contribution in [2.75, 3.05) is 18.0 Å². The summed E-state index contributed by atoms with van der Waals surface area (Å²) in [5.41, 5.74) is 0.408. The van der Waals surface area contributed by atoms with Crippen molar-refractivity contribution in [3.63, 3.8) is 0 Å². The maximum atomic E-state index is 12.7. The van der Waals surface area contributed by atoms with Crippen molar-refractivity contribution < 1.29 is 28.8 Å². The fourth-order valence-electron chi connectivity index (χ4n) is 4.77. The van der Waals surface area contributed by atoms with Crippen molar-refractivity contribution in [2.45, 2.75) is 25.4 Å². The zero-order chi connectivity index (χ0) is 26.6. The Labute approximate surface area is 216 Å². The van der Waals surface area contributed by atoms with Crippen LogP contribution in [0.3, 0.4) is 0 Å². The number of hydrogen-bond donors (Lipinski definition) is 1. The van der Waals surface area contributed by atoms with E-state index in [0.717, 1.165) is 37.2 Å². The van der Waals surface area contributed by atoms with Crippen molar-refractivity contribution in [1.82, 2.24) is 15.3 Å². The summed E-state index contributed by atoms with van der Waals surface area (Å²) < 4.78 is 11.0. The van der Waals surface area contributed by atoms with Crippen LogP contribution in [0.15, 0.2) is 54.9 Å². The van der Waals surface area contributed by atoms with Gasteiger partial charge < -0.3 is 14.8 Å². The summed E-state index contributed by atoms with van der Waals surface area (Å²) in [4.78, 5) is 57.2. The number of carbonyl (C=O) groups excluding carboxylic acids is 3. The summed E-state index contributed by atoms with van der Waals surface area (Å²) in [6.07, 6.45) is 2.26.